The summed E-state index contributed by atoms with van der Waals surface area (Å²) in [7, 11) is 2.71. The summed E-state index contributed by atoms with van der Waals surface area (Å²) in [6, 6.07) is 6.33. The summed E-state index contributed by atoms with van der Waals surface area (Å²) in [5.74, 6) is -0.713. The number of carbonyl (C=O) groups excluding carboxylic acids is 2. The van der Waals surface area contributed by atoms with E-state index < -0.39 is 5.97 Å². The van der Waals surface area contributed by atoms with Crippen LogP contribution in [0.2, 0.25) is 0 Å². The fourth-order valence-electron chi connectivity index (χ4n) is 1.18. The number of hydrogen-bond acceptors (Lipinski definition) is 5. The van der Waals surface area contributed by atoms with E-state index in [0.29, 0.717) is 0 Å². The third kappa shape index (κ3) is 3.97. The molecule has 98 valence electrons. The fraction of sp³-hybridized carbons (Fsp3) is 0.333. The van der Waals surface area contributed by atoms with Gasteiger partial charge in [-0.2, -0.15) is 0 Å². The molecule has 1 aromatic carbocycles. The normalized spacial score (nSPS) is 9.67. The number of likely N-dealkylation sites (N-methyl/N-ethyl adjacent to an activating group) is 1. The summed E-state index contributed by atoms with van der Waals surface area (Å²) in [4.78, 5) is 23.7. The number of esters is 1. The van der Waals surface area contributed by atoms with E-state index in [4.69, 9.17) is 4.74 Å². The Morgan fingerprint density at radius 3 is 2.61 bits per heavy atom. The molecular formula is C12H15NO5. The first kappa shape index (κ1) is 13.8. The van der Waals surface area contributed by atoms with Crippen LogP contribution in [0.1, 0.15) is 0 Å². The minimum absolute atomic E-state index is 0.0408. The molecule has 0 aliphatic rings. The Labute approximate surface area is 105 Å². The summed E-state index contributed by atoms with van der Waals surface area (Å²) in [5, 5.41) is 9.42. The number of nitrogens with zero attached hydrogens (tertiary/aromatic N) is 1. The summed E-state index contributed by atoms with van der Waals surface area (Å²) >= 11 is 0. The van der Waals surface area contributed by atoms with Gasteiger partial charge in [0.05, 0.1) is 7.11 Å². The van der Waals surface area contributed by atoms with Crippen molar-refractivity contribution in [3.8, 4) is 11.5 Å². The van der Waals surface area contributed by atoms with E-state index in [-0.39, 0.29) is 30.6 Å². The molecule has 0 aliphatic carbocycles. The van der Waals surface area contributed by atoms with Crippen molar-refractivity contribution in [1.82, 2.24) is 4.90 Å². The smallest absolute Gasteiger partial charge is 0.325 e. The molecule has 1 amide bonds. The van der Waals surface area contributed by atoms with Gasteiger partial charge in [0.1, 0.15) is 6.54 Å². The van der Waals surface area contributed by atoms with Gasteiger partial charge in [-0.1, -0.05) is 12.1 Å². The van der Waals surface area contributed by atoms with E-state index in [1.807, 2.05) is 0 Å². The van der Waals surface area contributed by atoms with Crippen molar-refractivity contribution in [2.75, 3.05) is 27.3 Å². The monoisotopic (exact) mass is 253 g/mol. The van der Waals surface area contributed by atoms with Crippen LogP contribution in [-0.2, 0) is 14.3 Å². The highest BCUT2D eigenvalue weighted by Gasteiger charge is 2.14. The Morgan fingerprint density at radius 2 is 2.00 bits per heavy atom. The predicted octanol–water partition coefficient (Wildman–Crippen LogP) is 0.402. The molecule has 0 saturated carbocycles. The van der Waals surface area contributed by atoms with E-state index in [2.05, 4.69) is 4.74 Å². The molecule has 0 bridgehead atoms. The Bertz CT molecular complexity index is 432. The lowest BCUT2D eigenvalue weighted by molar-refractivity contribution is -0.146. The molecule has 0 spiro atoms. The minimum atomic E-state index is -0.506. The Balaban J connectivity index is 2.46. The Morgan fingerprint density at radius 1 is 1.33 bits per heavy atom. The average Bonchev–Trinajstić information content (AvgIpc) is 2.37. The second-order valence-electron chi connectivity index (χ2n) is 3.58. The maximum atomic E-state index is 11.6. The molecular weight excluding hydrogens is 238 g/mol. The first-order chi connectivity index (χ1) is 8.54. The van der Waals surface area contributed by atoms with E-state index in [9.17, 15) is 14.7 Å². The van der Waals surface area contributed by atoms with Gasteiger partial charge < -0.3 is 19.5 Å². The van der Waals surface area contributed by atoms with Gasteiger partial charge >= 0.3 is 5.97 Å². The molecule has 1 aromatic rings. The zero-order valence-electron chi connectivity index (χ0n) is 10.3. The maximum absolute atomic E-state index is 11.6. The molecule has 18 heavy (non-hydrogen) atoms. The van der Waals surface area contributed by atoms with Crippen molar-refractivity contribution in [3.05, 3.63) is 24.3 Å². The predicted molar refractivity (Wildman–Crippen MR) is 63.3 cm³/mol. The molecule has 0 unspecified atom stereocenters. The van der Waals surface area contributed by atoms with Crippen LogP contribution in [0.15, 0.2) is 24.3 Å². The lowest BCUT2D eigenvalue weighted by atomic mass is 10.3. The SMILES string of the molecule is COC(=O)CN(C)C(=O)COc1ccccc1O. The summed E-state index contributed by atoms with van der Waals surface area (Å²) in [6.07, 6.45) is 0. The molecule has 0 aromatic heterocycles. The summed E-state index contributed by atoms with van der Waals surface area (Å²) < 4.78 is 9.58. The van der Waals surface area contributed by atoms with Crippen LogP contribution in [0.5, 0.6) is 11.5 Å². The highest BCUT2D eigenvalue weighted by Crippen LogP contribution is 2.24. The molecule has 6 heteroatoms. The molecule has 1 N–H and O–H groups in total. The number of phenols is 1. The van der Waals surface area contributed by atoms with Crippen molar-refractivity contribution in [2.24, 2.45) is 0 Å². The van der Waals surface area contributed by atoms with Crippen molar-refractivity contribution in [1.29, 1.82) is 0 Å². The number of phenolic OH excluding ortho intramolecular Hbond substituents is 1. The largest absolute Gasteiger partial charge is 0.504 e. The number of hydrogen-bond donors (Lipinski definition) is 1. The second kappa shape index (κ2) is 6.48. The number of para-hydroxylation sites is 2. The van der Waals surface area contributed by atoms with Crippen LogP contribution in [0, 0.1) is 0 Å². The van der Waals surface area contributed by atoms with E-state index in [1.165, 1.54) is 25.1 Å². The average molecular weight is 253 g/mol. The third-order valence-corrected chi connectivity index (χ3v) is 2.24. The zero-order chi connectivity index (χ0) is 13.5. The number of amides is 1. The van der Waals surface area contributed by atoms with Crippen LogP contribution < -0.4 is 4.74 Å². The number of aromatic hydroxyl groups is 1. The Kier molecular flexibility index (Phi) is 4.98. The molecule has 0 fully saturated rings. The van der Waals surface area contributed by atoms with Crippen LogP contribution in [0.3, 0.4) is 0 Å². The summed E-state index contributed by atoms with van der Waals surface area (Å²) in [5.41, 5.74) is 0. The first-order valence-electron chi connectivity index (χ1n) is 5.26. The quantitative estimate of drug-likeness (QED) is 0.769. The third-order valence-electron chi connectivity index (χ3n) is 2.24. The highest BCUT2D eigenvalue weighted by molar-refractivity contribution is 5.82. The van der Waals surface area contributed by atoms with Gasteiger partial charge in [-0.05, 0) is 12.1 Å². The standard InChI is InChI=1S/C12H15NO5/c1-13(7-12(16)17-2)11(15)8-18-10-6-4-3-5-9(10)14/h3-6,14H,7-8H2,1-2H3. The lowest BCUT2D eigenvalue weighted by Crippen LogP contribution is -2.35. The van der Waals surface area contributed by atoms with Crippen LogP contribution in [0.25, 0.3) is 0 Å². The fourth-order valence-corrected chi connectivity index (χ4v) is 1.18. The van der Waals surface area contributed by atoms with Crippen molar-refractivity contribution in [3.63, 3.8) is 0 Å². The van der Waals surface area contributed by atoms with Crippen molar-refractivity contribution < 1.29 is 24.2 Å². The van der Waals surface area contributed by atoms with Gasteiger partial charge in [0.2, 0.25) is 0 Å². The van der Waals surface area contributed by atoms with Gasteiger partial charge in [0.25, 0.3) is 5.91 Å². The first-order valence-corrected chi connectivity index (χ1v) is 5.26. The second-order valence-corrected chi connectivity index (χ2v) is 3.58. The topological polar surface area (TPSA) is 76.1 Å². The molecule has 0 aliphatic heterocycles. The summed E-state index contributed by atoms with van der Waals surface area (Å²) in [6.45, 7) is -0.398. The number of ether oxygens (including phenoxy) is 2. The zero-order valence-corrected chi connectivity index (χ0v) is 10.3. The number of rotatable bonds is 5. The molecule has 1 rings (SSSR count). The number of carbonyl (C=O) groups is 2. The van der Waals surface area contributed by atoms with Crippen molar-refractivity contribution in [2.45, 2.75) is 0 Å². The molecule has 0 heterocycles. The maximum Gasteiger partial charge on any atom is 0.325 e. The van der Waals surface area contributed by atoms with E-state index >= 15 is 0 Å². The molecule has 0 atom stereocenters. The van der Waals surface area contributed by atoms with Crippen LogP contribution in [0.4, 0.5) is 0 Å². The highest BCUT2D eigenvalue weighted by atomic mass is 16.5. The lowest BCUT2D eigenvalue weighted by Gasteiger charge is -2.16. The minimum Gasteiger partial charge on any atom is -0.504 e. The molecule has 6 nitrogen and oxygen atoms in total. The van der Waals surface area contributed by atoms with Gasteiger partial charge in [-0.25, -0.2) is 0 Å². The van der Waals surface area contributed by atoms with Crippen molar-refractivity contribution >= 4 is 11.9 Å². The van der Waals surface area contributed by atoms with E-state index in [0.717, 1.165) is 0 Å². The number of methoxy groups -OCH3 is 1. The van der Waals surface area contributed by atoms with Gasteiger partial charge in [-0.3, -0.25) is 9.59 Å². The van der Waals surface area contributed by atoms with E-state index in [1.54, 1.807) is 18.2 Å². The molecule has 0 radical (unpaired) electrons. The van der Waals surface area contributed by atoms with Gasteiger partial charge in [0.15, 0.2) is 18.1 Å². The van der Waals surface area contributed by atoms with Gasteiger partial charge in [-0.15, -0.1) is 0 Å². The molecule has 0 saturated heterocycles. The van der Waals surface area contributed by atoms with Gasteiger partial charge in [0, 0.05) is 7.05 Å². The Hall–Kier alpha value is -2.24. The van der Waals surface area contributed by atoms with Crippen LogP contribution >= 0.6 is 0 Å². The van der Waals surface area contributed by atoms with Crippen LogP contribution in [-0.4, -0.2) is 49.2 Å². The number of benzene rings is 1.